The van der Waals surface area contributed by atoms with Crippen molar-refractivity contribution in [3.05, 3.63) is 65.7 Å². The van der Waals surface area contributed by atoms with Crippen LogP contribution in [0.3, 0.4) is 0 Å². The van der Waals surface area contributed by atoms with Gasteiger partial charge >= 0.3 is 0 Å². The second-order valence-electron chi connectivity index (χ2n) is 10.7. The van der Waals surface area contributed by atoms with Gasteiger partial charge in [-0.05, 0) is 60.3 Å². The highest BCUT2D eigenvalue weighted by molar-refractivity contribution is 5.69. The summed E-state index contributed by atoms with van der Waals surface area (Å²) in [6.45, 7) is 1.90. The van der Waals surface area contributed by atoms with Gasteiger partial charge < -0.3 is 9.22 Å². The summed E-state index contributed by atoms with van der Waals surface area (Å²) in [5.74, 6) is 4.00. The van der Waals surface area contributed by atoms with Gasteiger partial charge in [-0.1, -0.05) is 54.6 Å². The zero-order valence-corrected chi connectivity index (χ0v) is 18.6. The molecular formula is C28H36NO+. The third-order valence-corrected chi connectivity index (χ3v) is 8.36. The van der Waals surface area contributed by atoms with Crippen LogP contribution in [0, 0.1) is 17.8 Å². The molecule has 0 heterocycles. The fourth-order valence-electron chi connectivity index (χ4n) is 6.87. The minimum Gasteiger partial charge on any atom is -0.488 e. The van der Waals surface area contributed by atoms with E-state index in [2.05, 4.69) is 74.8 Å². The number of ether oxygens (including phenoxy) is 1. The number of hydrogen-bond donors (Lipinski definition) is 0. The largest absolute Gasteiger partial charge is 0.488 e. The molecule has 0 spiro atoms. The molecule has 6 rings (SSSR count). The lowest BCUT2D eigenvalue weighted by Gasteiger charge is -2.62. The maximum atomic E-state index is 6.18. The van der Waals surface area contributed by atoms with E-state index in [1.165, 1.54) is 49.7 Å². The quantitative estimate of drug-likeness (QED) is 0.391. The van der Waals surface area contributed by atoms with Gasteiger partial charge in [0.15, 0.2) is 0 Å². The Morgan fingerprint density at radius 2 is 1.33 bits per heavy atom. The zero-order valence-electron chi connectivity index (χ0n) is 18.6. The van der Waals surface area contributed by atoms with Crippen LogP contribution < -0.4 is 4.74 Å². The minimum absolute atomic E-state index is 0.518. The molecule has 30 heavy (non-hydrogen) atoms. The van der Waals surface area contributed by atoms with E-state index in [1.54, 1.807) is 0 Å². The molecule has 0 amide bonds. The molecule has 0 unspecified atom stereocenters. The molecule has 0 N–H and O–H groups in total. The Kier molecular flexibility index (Phi) is 5.23. The molecule has 4 aliphatic carbocycles. The lowest BCUT2D eigenvalue weighted by molar-refractivity contribution is -0.947. The van der Waals surface area contributed by atoms with Crippen LogP contribution in [0.15, 0.2) is 54.6 Å². The molecular weight excluding hydrogens is 366 g/mol. The van der Waals surface area contributed by atoms with E-state index in [-0.39, 0.29) is 0 Å². The summed E-state index contributed by atoms with van der Waals surface area (Å²) in [5, 5.41) is 0. The SMILES string of the molecule is C[N+](C)(CCOc1ccc(/C=C/c2ccccc2)cc1)C12CC3CC(CC(C3)C1)C2. The molecule has 0 radical (unpaired) electrons. The summed E-state index contributed by atoms with van der Waals surface area (Å²) in [6, 6.07) is 18.9. The molecule has 4 saturated carbocycles. The fourth-order valence-corrected chi connectivity index (χ4v) is 6.87. The van der Waals surface area contributed by atoms with Crippen molar-refractivity contribution in [3.63, 3.8) is 0 Å². The summed E-state index contributed by atoms with van der Waals surface area (Å²) < 4.78 is 7.32. The molecule has 2 heteroatoms. The fraction of sp³-hybridized carbons (Fsp3) is 0.500. The van der Waals surface area contributed by atoms with Crippen molar-refractivity contribution in [3.8, 4) is 5.75 Å². The molecule has 4 fully saturated rings. The Bertz CT molecular complexity index is 845. The first-order chi connectivity index (χ1) is 14.5. The highest BCUT2D eigenvalue weighted by Crippen LogP contribution is 2.58. The number of rotatable bonds is 7. The van der Waals surface area contributed by atoms with E-state index < -0.39 is 0 Å². The lowest BCUT2D eigenvalue weighted by Crippen LogP contribution is -2.67. The van der Waals surface area contributed by atoms with E-state index in [4.69, 9.17) is 4.74 Å². The molecule has 2 aromatic rings. The second kappa shape index (κ2) is 7.89. The van der Waals surface area contributed by atoms with Gasteiger partial charge in [0.2, 0.25) is 0 Å². The average molecular weight is 403 g/mol. The van der Waals surface area contributed by atoms with E-state index in [0.29, 0.717) is 5.54 Å². The van der Waals surface area contributed by atoms with Crippen molar-refractivity contribution in [1.29, 1.82) is 0 Å². The number of likely N-dealkylation sites (N-methyl/N-ethyl adjacent to an activating group) is 1. The Hall–Kier alpha value is -2.06. The molecule has 0 saturated heterocycles. The third-order valence-electron chi connectivity index (χ3n) is 8.36. The van der Waals surface area contributed by atoms with E-state index in [0.717, 1.165) is 41.1 Å². The van der Waals surface area contributed by atoms with Gasteiger partial charge in [0.1, 0.15) is 18.9 Å². The van der Waals surface area contributed by atoms with Crippen molar-refractivity contribution >= 4 is 12.2 Å². The Morgan fingerprint density at radius 1 is 0.800 bits per heavy atom. The van der Waals surface area contributed by atoms with Crippen LogP contribution >= 0.6 is 0 Å². The first kappa shape index (κ1) is 19.9. The van der Waals surface area contributed by atoms with Gasteiger partial charge in [-0.3, -0.25) is 0 Å². The summed E-state index contributed by atoms with van der Waals surface area (Å²) in [5.41, 5.74) is 2.95. The van der Waals surface area contributed by atoms with Crippen molar-refractivity contribution in [1.82, 2.24) is 0 Å². The first-order valence-electron chi connectivity index (χ1n) is 11.8. The molecule has 4 bridgehead atoms. The van der Waals surface area contributed by atoms with Crippen LogP contribution in [-0.4, -0.2) is 37.3 Å². The predicted octanol–water partition coefficient (Wildman–Crippen LogP) is 6.28. The van der Waals surface area contributed by atoms with E-state index in [1.807, 2.05) is 6.07 Å². The van der Waals surface area contributed by atoms with Gasteiger partial charge in [0, 0.05) is 19.3 Å². The monoisotopic (exact) mass is 402 g/mol. The minimum atomic E-state index is 0.518. The first-order valence-corrected chi connectivity index (χ1v) is 11.8. The maximum Gasteiger partial charge on any atom is 0.137 e. The van der Waals surface area contributed by atoms with Crippen LogP contribution in [0.25, 0.3) is 12.2 Å². The van der Waals surface area contributed by atoms with Crippen molar-refractivity contribution < 1.29 is 9.22 Å². The Balaban J connectivity index is 1.16. The normalized spacial score (nSPS) is 30.1. The highest BCUT2D eigenvalue weighted by atomic mass is 16.5. The van der Waals surface area contributed by atoms with Crippen LogP contribution in [0.2, 0.25) is 0 Å². The third kappa shape index (κ3) is 3.95. The number of quaternary nitrogens is 1. The van der Waals surface area contributed by atoms with Crippen molar-refractivity contribution in [2.75, 3.05) is 27.2 Å². The predicted molar refractivity (Wildman–Crippen MR) is 125 cm³/mol. The smallest absolute Gasteiger partial charge is 0.137 e. The van der Waals surface area contributed by atoms with Crippen molar-refractivity contribution in [2.45, 2.75) is 44.1 Å². The number of hydrogen-bond acceptors (Lipinski definition) is 1. The zero-order chi connectivity index (χ0) is 20.6. The van der Waals surface area contributed by atoms with Gasteiger partial charge in [-0.15, -0.1) is 0 Å². The van der Waals surface area contributed by atoms with Gasteiger partial charge in [0.25, 0.3) is 0 Å². The number of nitrogens with zero attached hydrogens (tertiary/aromatic N) is 1. The van der Waals surface area contributed by atoms with E-state index in [9.17, 15) is 0 Å². The lowest BCUT2D eigenvalue weighted by atomic mass is 9.52. The Morgan fingerprint density at radius 3 is 1.90 bits per heavy atom. The standard InChI is InChI=1S/C28H36NO/c1-29(2,28-19-24-16-25(20-28)18-26(17-24)21-28)14-15-30-27-12-10-23(11-13-27)9-8-22-6-4-3-5-7-22/h3-13,24-26H,14-21H2,1-2H3/q+1/b9-8+. The van der Waals surface area contributed by atoms with Crippen LogP contribution in [-0.2, 0) is 0 Å². The summed E-state index contributed by atoms with van der Waals surface area (Å²) in [4.78, 5) is 0. The van der Waals surface area contributed by atoms with Crippen LogP contribution in [0.1, 0.15) is 49.7 Å². The summed E-state index contributed by atoms with van der Waals surface area (Å²) >= 11 is 0. The molecule has 0 atom stereocenters. The number of benzene rings is 2. The highest BCUT2D eigenvalue weighted by Gasteiger charge is 2.58. The topological polar surface area (TPSA) is 9.23 Å². The second-order valence-corrected chi connectivity index (χ2v) is 10.7. The molecule has 2 aromatic carbocycles. The summed E-state index contributed by atoms with van der Waals surface area (Å²) in [6.07, 6.45) is 13.2. The summed E-state index contributed by atoms with van der Waals surface area (Å²) in [7, 11) is 4.93. The van der Waals surface area contributed by atoms with Crippen LogP contribution in [0.4, 0.5) is 0 Å². The molecule has 158 valence electrons. The average Bonchev–Trinajstić information content (AvgIpc) is 2.73. The molecule has 2 nitrogen and oxygen atoms in total. The molecule has 0 aliphatic heterocycles. The Labute approximate surface area is 182 Å². The molecule has 0 aromatic heterocycles. The molecule has 4 aliphatic rings. The van der Waals surface area contributed by atoms with Gasteiger partial charge in [0.05, 0.1) is 19.6 Å². The van der Waals surface area contributed by atoms with E-state index >= 15 is 0 Å². The van der Waals surface area contributed by atoms with Crippen molar-refractivity contribution in [2.24, 2.45) is 17.8 Å². The van der Waals surface area contributed by atoms with Gasteiger partial charge in [-0.2, -0.15) is 0 Å². The van der Waals surface area contributed by atoms with Gasteiger partial charge in [-0.25, -0.2) is 0 Å². The van der Waals surface area contributed by atoms with Crippen LogP contribution in [0.5, 0.6) is 5.75 Å². The maximum absolute atomic E-state index is 6.18.